The van der Waals surface area contributed by atoms with Crippen LogP contribution in [0.15, 0.2) is 48.5 Å². The molecule has 0 radical (unpaired) electrons. The van der Waals surface area contributed by atoms with Crippen molar-refractivity contribution >= 4 is 17.3 Å². The van der Waals surface area contributed by atoms with Gasteiger partial charge in [-0.1, -0.05) is 30.7 Å². The van der Waals surface area contributed by atoms with Crippen LogP contribution in [0.1, 0.15) is 42.1 Å². The van der Waals surface area contributed by atoms with Gasteiger partial charge in [0.25, 0.3) is 5.91 Å². The molecule has 1 fully saturated rings. The van der Waals surface area contributed by atoms with Gasteiger partial charge in [0.15, 0.2) is 0 Å². The highest BCUT2D eigenvalue weighted by Gasteiger charge is 2.18. The normalized spacial score (nSPS) is 14.6. The first-order chi connectivity index (χ1) is 15.1. The first kappa shape index (κ1) is 23.1. The lowest BCUT2D eigenvalue weighted by Crippen LogP contribution is -2.46. The molecule has 1 aliphatic heterocycles. The van der Waals surface area contributed by atoms with Crippen LogP contribution >= 0.6 is 0 Å². The highest BCUT2D eigenvalue weighted by molar-refractivity contribution is 5.98. The van der Waals surface area contributed by atoms with Gasteiger partial charge in [0.1, 0.15) is 0 Å². The largest absolute Gasteiger partial charge is 0.398 e. The number of nitrogens with two attached hydrogens (primary N) is 1. The Balaban J connectivity index is 1.35. The van der Waals surface area contributed by atoms with Crippen LogP contribution < -0.4 is 10.6 Å². The van der Waals surface area contributed by atoms with Crippen LogP contribution in [0, 0.1) is 0 Å². The number of unbranched alkanes of at least 4 members (excludes halogenated alkanes) is 2. The minimum absolute atomic E-state index is 0.193. The van der Waals surface area contributed by atoms with Crippen molar-refractivity contribution in [2.45, 2.75) is 32.6 Å². The zero-order valence-corrected chi connectivity index (χ0v) is 18.9. The van der Waals surface area contributed by atoms with Gasteiger partial charge in [0.2, 0.25) is 0 Å². The standard InChI is InChI=1S/C25H36N4O2/c1-3-29(31-2)25(30)23-14-13-21(20-24(23)26)10-6-5-9-15-27-16-18-28(19-17-27)22-11-7-4-8-12-22/h4,7-8,11-14,20H,3,5-6,9-10,15-19,26H2,1-2H3. The van der Waals surface area contributed by atoms with Crippen molar-refractivity contribution in [2.24, 2.45) is 0 Å². The van der Waals surface area contributed by atoms with E-state index in [-0.39, 0.29) is 5.91 Å². The van der Waals surface area contributed by atoms with Gasteiger partial charge in [-0.05, 0) is 62.6 Å². The van der Waals surface area contributed by atoms with Crippen LogP contribution in [0.2, 0.25) is 0 Å². The number of benzene rings is 2. The summed E-state index contributed by atoms with van der Waals surface area (Å²) in [6, 6.07) is 16.4. The average molecular weight is 425 g/mol. The first-order valence-electron chi connectivity index (χ1n) is 11.4. The van der Waals surface area contributed by atoms with Crippen molar-refractivity contribution in [1.82, 2.24) is 9.96 Å². The molecule has 0 atom stereocenters. The highest BCUT2D eigenvalue weighted by atomic mass is 16.7. The van der Waals surface area contributed by atoms with Crippen molar-refractivity contribution in [1.29, 1.82) is 0 Å². The molecule has 6 nitrogen and oxygen atoms in total. The molecule has 0 aromatic heterocycles. The average Bonchev–Trinajstić information content (AvgIpc) is 2.80. The molecule has 3 rings (SSSR count). The molecule has 1 heterocycles. The summed E-state index contributed by atoms with van der Waals surface area (Å²) in [6.45, 7) is 8.00. The van der Waals surface area contributed by atoms with Crippen molar-refractivity contribution < 1.29 is 9.63 Å². The molecule has 0 spiro atoms. The second kappa shape index (κ2) is 11.7. The van der Waals surface area contributed by atoms with Gasteiger partial charge in [-0.25, -0.2) is 5.06 Å². The minimum atomic E-state index is -0.193. The Morgan fingerprint density at radius 1 is 1.03 bits per heavy atom. The zero-order chi connectivity index (χ0) is 22.1. The van der Waals surface area contributed by atoms with Gasteiger partial charge >= 0.3 is 0 Å². The van der Waals surface area contributed by atoms with Crippen LogP contribution in [0.4, 0.5) is 11.4 Å². The van der Waals surface area contributed by atoms with Crippen LogP contribution in [-0.4, -0.2) is 62.2 Å². The van der Waals surface area contributed by atoms with E-state index in [1.165, 1.54) is 42.8 Å². The zero-order valence-electron chi connectivity index (χ0n) is 18.9. The van der Waals surface area contributed by atoms with E-state index in [2.05, 4.69) is 40.1 Å². The van der Waals surface area contributed by atoms with Gasteiger partial charge in [-0.3, -0.25) is 14.5 Å². The van der Waals surface area contributed by atoms with Crippen LogP contribution in [-0.2, 0) is 11.3 Å². The van der Waals surface area contributed by atoms with Gasteiger partial charge < -0.3 is 10.6 Å². The number of aryl methyl sites for hydroxylation is 1. The summed E-state index contributed by atoms with van der Waals surface area (Å²) in [4.78, 5) is 22.5. The Bertz CT molecular complexity index is 816. The summed E-state index contributed by atoms with van der Waals surface area (Å²) in [6.07, 6.45) is 4.54. The summed E-state index contributed by atoms with van der Waals surface area (Å²) < 4.78 is 0. The van der Waals surface area contributed by atoms with Gasteiger partial charge in [-0.15, -0.1) is 0 Å². The molecule has 1 amide bonds. The van der Waals surface area contributed by atoms with Gasteiger partial charge in [0.05, 0.1) is 12.7 Å². The van der Waals surface area contributed by atoms with E-state index in [9.17, 15) is 4.79 Å². The fourth-order valence-electron chi connectivity index (χ4n) is 4.16. The van der Waals surface area contributed by atoms with E-state index in [1.807, 2.05) is 25.1 Å². The molecule has 1 saturated heterocycles. The maximum atomic E-state index is 12.4. The van der Waals surface area contributed by atoms with Crippen LogP contribution in [0.5, 0.6) is 0 Å². The van der Waals surface area contributed by atoms with E-state index < -0.39 is 0 Å². The summed E-state index contributed by atoms with van der Waals surface area (Å²) >= 11 is 0. The van der Waals surface area contributed by atoms with E-state index in [4.69, 9.17) is 10.6 Å². The van der Waals surface area contributed by atoms with Gasteiger partial charge in [0, 0.05) is 44.1 Å². The number of hydrogen-bond acceptors (Lipinski definition) is 5. The lowest BCUT2D eigenvalue weighted by molar-refractivity contribution is -0.0914. The topological polar surface area (TPSA) is 62.0 Å². The number of para-hydroxylation sites is 1. The predicted octanol–water partition coefficient (Wildman–Crippen LogP) is 3.83. The van der Waals surface area contributed by atoms with Crippen molar-refractivity contribution in [3.05, 3.63) is 59.7 Å². The van der Waals surface area contributed by atoms with Crippen molar-refractivity contribution in [2.75, 3.05) is 57.0 Å². The Morgan fingerprint density at radius 2 is 1.77 bits per heavy atom. The molecule has 0 unspecified atom stereocenters. The summed E-state index contributed by atoms with van der Waals surface area (Å²) in [5, 5.41) is 1.31. The summed E-state index contributed by atoms with van der Waals surface area (Å²) in [7, 11) is 1.50. The van der Waals surface area contributed by atoms with Crippen LogP contribution in [0.25, 0.3) is 0 Å². The van der Waals surface area contributed by atoms with Crippen molar-refractivity contribution in [3.8, 4) is 0 Å². The molecule has 2 aromatic rings. The monoisotopic (exact) mass is 424 g/mol. The Labute approximate surface area is 186 Å². The molecule has 0 aliphatic carbocycles. The molecular formula is C25H36N4O2. The third kappa shape index (κ3) is 6.45. The molecule has 168 valence electrons. The Kier molecular flexibility index (Phi) is 8.74. The minimum Gasteiger partial charge on any atom is -0.398 e. The Hall–Kier alpha value is -2.57. The number of carbonyl (C=O) groups excluding carboxylic acids is 1. The predicted molar refractivity (Wildman–Crippen MR) is 127 cm³/mol. The summed E-state index contributed by atoms with van der Waals surface area (Å²) in [5.41, 5.74) is 9.68. The van der Waals surface area contributed by atoms with E-state index in [0.29, 0.717) is 17.8 Å². The van der Waals surface area contributed by atoms with E-state index >= 15 is 0 Å². The first-order valence-corrected chi connectivity index (χ1v) is 11.4. The lowest BCUT2D eigenvalue weighted by Gasteiger charge is -2.36. The molecule has 0 bridgehead atoms. The maximum absolute atomic E-state index is 12.4. The molecular weight excluding hydrogens is 388 g/mol. The quantitative estimate of drug-likeness (QED) is 0.357. The molecule has 6 heteroatoms. The van der Waals surface area contributed by atoms with Gasteiger partial charge in [-0.2, -0.15) is 0 Å². The second-order valence-electron chi connectivity index (χ2n) is 8.08. The van der Waals surface area contributed by atoms with E-state index in [0.717, 1.165) is 39.0 Å². The second-order valence-corrected chi connectivity index (χ2v) is 8.08. The molecule has 31 heavy (non-hydrogen) atoms. The molecule has 2 aromatic carbocycles. The lowest BCUT2D eigenvalue weighted by atomic mass is 10.0. The number of amides is 1. The highest BCUT2D eigenvalue weighted by Crippen LogP contribution is 2.19. The van der Waals surface area contributed by atoms with E-state index in [1.54, 1.807) is 0 Å². The maximum Gasteiger partial charge on any atom is 0.279 e. The fourth-order valence-corrected chi connectivity index (χ4v) is 4.16. The summed E-state index contributed by atoms with van der Waals surface area (Å²) in [5.74, 6) is -0.193. The molecule has 2 N–H and O–H groups in total. The third-order valence-electron chi connectivity index (χ3n) is 6.01. The number of hydrogen-bond donors (Lipinski definition) is 1. The molecule has 0 saturated carbocycles. The molecule has 1 aliphatic rings. The SMILES string of the molecule is CCN(OC)C(=O)c1ccc(CCCCCN2CCN(c3ccccc3)CC2)cc1N. The fraction of sp³-hybridized carbons (Fsp3) is 0.480. The number of hydroxylamine groups is 2. The number of nitrogens with zero attached hydrogens (tertiary/aromatic N) is 3. The number of anilines is 2. The van der Waals surface area contributed by atoms with Crippen LogP contribution in [0.3, 0.4) is 0 Å². The Morgan fingerprint density at radius 3 is 2.42 bits per heavy atom. The number of piperazine rings is 1. The number of nitrogen functional groups attached to an aromatic ring is 1. The third-order valence-corrected chi connectivity index (χ3v) is 6.01. The van der Waals surface area contributed by atoms with Crippen molar-refractivity contribution in [3.63, 3.8) is 0 Å². The number of rotatable bonds is 10. The smallest absolute Gasteiger partial charge is 0.279 e. The number of carbonyl (C=O) groups is 1.